The molecule has 0 aromatic heterocycles. The van der Waals surface area contributed by atoms with Gasteiger partial charge in [-0.1, -0.05) is 46.2 Å². The first-order valence-electron chi connectivity index (χ1n) is 13.0. The molecule has 2 atom stereocenters. The SMILES string of the molecule is CC(C)COc1ccc(COc2ccc3c(c2)C(CC(=O)O)CCC3)cc1C1CCCC1(C)C. The molecule has 4 rings (SSSR count). The van der Waals surface area contributed by atoms with Gasteiger partial charge in [-0.15, -0.1) is 0 Å². The van der Waals surface area contributed by atoms with Gasteiger partial charge in [0.25, 0.3) is 0 Å². The summed E-state index contributed by atoms with van der Waals surface area (Å²) in [4.78, 5) is 11.3. The Kier molecular flexibility index (Phi) is 7.54. The van der Waals surface area contributed by atoms with E-state index >= 15 is 0 Å². The number of rotatable bonds is 9. The van der Waals surface area contributed by atoms with Crippen molar-refractivity contribution in [3.05, 3.63) is 58.7 Å². The van der Waals surface area contributed by atoms with Crippen LogP contribution in [0.3, 0.4) is 0 Å². The molecule has 2 unspecified atom stereocenters. The molecular weight excluding hydrogens is 424 g/mol. The summed E-state index contributed by atoms with van der Waals surface area (Å²) in [5, 5.41) is 9.31. The van der Waals surface area contributed by atoms with Crippen LogP contribution in [0.15, 0.2) is 36.4 Å². The van der Waals surface area contributed by atoms with Crippen molar-refractivity contribution in [1.82, 2.24) is 0 Å². The number of aliphatic carboxylic acids is 1. The van der Waals surface area contributed by atoms with Gasteiger partial charge in [0.05, 0.1) is 13.0 Å². The van der Waals surface area contributed by atoms with Crippen molar-refractivity contribution in [2.45, 2.75) is 91.1 Å². The molecule has 184 valence electrons. The van der Waals surface area contributed by atoms with Crippen molar-refractivity contribution in [1.29, 1.82) is 0 Å². The summed E-state index contributed by atoms with van der Waals surface area (Å²) in [6.07, 6.45) is 6.89. The number of hydrogen-bond acceptors (Lipinski definition) is 3. The third-order valence-corrected chi connectivity index (χ3v) is 7.66. The smallest absolute Gasteiger partial charge is 0.303 e. The maximum Gasteiger partial charge on any atom is 0.303 e. The highest BCUT2D eigenvalue weighted by Gasteiger charge is 2.37. The Labute approximate surface area is 204 Å². The van der Waals surface area contributed by atoms with E-state index in [1.165, 1.54) is 30.4 Å². The van der Waals surface area contributed by atoms with Gasteiger partial charge in [0.1, 0.15) is 18.1 Å². The highest BCUT2D eigenvalue weighted by Crippen LogP contribution is 2.51. The third kappa shape index (κ3) is 5.76. The normalized spacial score (nSPS) is 21.3. The summed E-state index contributed by atoms with van der Waals surface area (Å²) in [5.41, 5.74) is 5.15. The van der Waals surface area contributed by atoms with Gasteiger partial charge >= 0.3 is 5.97 Å². The van der Waals surface area contributed by atoms with Crippen LogP contribution in [0, 0.1) is 11.3 Å². The van der Waals surface area contributed by atoms with E-state index in [-0.39, 0.29) is 17.8 Å². The Morgan fingerprint density at radius 2 is 1.88 bits per heavy atom. The summed E-state index contributed by atoms with van der Waals surface area (Å²) in [5.74, 6) is 2.17. The topological polar surface area (TPSA) is 55.8 Å². The average Bonchev–Trinajstić information content (AvgIpc) is 3.15. The molecule has 1 N–H and O–H groups in total. The first-order chi connectivity index (χ1) is 16.2. The van der Waals surface area contributed by atoms with Gasteiger partial charge in [-0.2, -0.15) is 0 Å². The van der Waals surface area contributed by atoms with E-state index in [2.05, 4.69) is 58.0 Å². The highest BCUT2D eigenvalue weighted by molar-refractivity contribution is 5.68. The monoisotopic (exact) mass is 464 g/mol. The molecule has 0 radical (unpaired) electrons. The lowest BCUT2D eigenvalue weighted by Crippen LogP contribution is -2.17. The van der Waals surface area contributed by atoms with Crippen LogP contribution < -0.4 is 9.47 Å². The second-order valence-corrected chi connectivity index (χ2v) is 11.3. The van der Waals surface area contributed by atoms with Crippen molar-refractivity contribution in [3.63, 3.8) is 0 Å². The first-order valence-corrected chi connectivity index (χ1v) is 13.0. The Bertz CT molecular complexity index is 1010. The van der Waals surface area contributed by atoms with Gasteiger partial charge in [0.15, 0.2) is 0 Å². The van der Waals surface area contributed by atoms with Crippen LogP contribution in [-0.4, -0.2) is 17.7 Å². The van der Waals surface area contributed by atoms with Gasteiger partial charge in [0.2, 0.25) is 0 Å². The summed E-state index contributed by atoms with van der Waals surface area (Å²) in [6, 6.07) is 12.8. The highest BCUT2D eigenvalue weighted by atomic mass is 16.5. The number of ether oxygens (including phenoxy) is 2. The van der Waals surface area contributed by atoms with Crippen LogP contribution in [0.5, 0.6) is 11.5 Å². The first kappa shape index (κ1) is 24.6. The number of carboxylic acids is 1. The standard InChI is InChI=1S/C30H40O4/c1-20(2)18-34-28-13-10-21(15-26(28)27-9-6-14-30(27,3)4)19-33-24-12-11-22-7-5-8-23(16-29(31)32)25(22)17-24/h10-13,15,17,20,23,27H,5-9,14,16,18-19H2,1-4H3,(H,31,32). The number of aryl methyl sites for hydroxylation is 1. The average molecular weight is 465 g/mol. The molecule has 0 aliphatic heterocycles. The van der Waals surface area contributed by atoms with E-state index in [1.807, 2.05) is 6.07 Å². The maximum absolute atomic E-state index is 11.3. The minimum atomic E-state index is -0.730. The molecular formula is C30H40O4. The predicted octanol–water partition coefficient (Wildman–Crippen LogP) is 7.49. The molecule has 0 spiro atoms. The van der Waals surface area contributed by atoms with Crippen LogP contribution in [0.2, 0.25) is 0 Å². The van der Waals surface area contributed by atoms with Crippen molar-refractivity contribution in [2.75, 3.05) is 6.61 Å². The zero-order valence-corrected chi connectivity index (χ0v) is 21.2. The fourth-order valence-corrected chi connectivity index (χ4v) is 5.81. The van der Waals surface area contributed by atoms with Crippen LogP contribution in [0.1, 0.15) is 100 Å². The van der Waals surface area contributed by atoms with Gasteiger partial charge in [-0.05, 0) is 102 Å². The summed E-state index contributed by atoms with van der Waals surface area (Å²) in [7, 11) is 0. The molecule has 1 saturated carbocycles. The molecule has 0 amide bonds. The molecule has 2 aromatic rings. The van der Waals surface area contributed by atoms with Gasteiger partial charge < -0.3 is 14.6 Å². The Balaban J connectivity index is 1.53. The minimum Gasteiger partial charge on any atom is -0.493 e. The van der Waals surface area contributed by atoms with Crippen molar-refractivity contribution >= 4 is 5.97 Å². The zero-order valence-electron chi connectivity index (χ0n) is 21.2. The molecule has 2 aliphatic carbocycles. The number of benzene rings is 2. The quantitative estimate of drug-likeness (QED) is 0.418. The zero-order chi connectivity index (χ0) is 24.3. The van der Waals surface area contributed by atoms with Crippen molar-refractivity contribution < 1.29 is 19.4 Å². The van der Waals surface area contributed by atoms with Gasteiger partial charge in [0, 0.05) is 0 Å². The number of carbonyl (C=O) groups is 1. The number of fused-ring (bicyclic) bond motifs is 1. The molecule has 4 nitrogen and oxygen atoms in total. The van der Waals surface area contributed by atoms with Gasteiger partial charge in [-0.3, -0.25) is 4.79 Å². The van der Waals surface area contributed by atoms with E-state index in [0.29, 0.717) is 18.4 Å². The van der Waals surface area contributed by atoms with E-state index in [0.717, 1.165) is 48.5 Å². The van der Waals surface area contributed by atoms with E-state index in [9.17, 15) is 9.90 Å². The fraction of sp³-hybridized carbons (Fsp3) is 0.567. The van der Waals surface area contributed by atoms with E-state index in [4.69, 9.17) is 9.47 Å². The number of carboxylic acid groups (broad SMARTS) is 1. The number of hydrogen-bond donors (Lipinski definition) is 1. The van der Waals surface area contributed by atoms with Gasteiger partial charge in [-0.25, -0.2) is 0 Å². The van der Waals surface area contributed by atoms with Crippen LogP contribution >= 0.6 is 0 Å². The van der Waals surface area contributed by atoms with Crippen molar-refractivity contribution in [3.8, 4) is 11.5 Å². The molecule has 4 heteroatoms. The lowest BCUT2D eigenvalue weighted by atomic mass is 9.77. The largest absolute Gasteiger partial charge is 0.493 e. The molecule has 2 aliphatic rings. The minimum absolute atomic E-state index is 0.0818. The second-order valence-electron chi connectivity index (χ2n) is 11.3. The lowest BCUT2D eigenvalue weighted by Gasteiger charge is -2.29. The maximum atomic E-state index is 11.3. The molecule has 2 aromatic carbocycles. The molecule has 1 fully saturated rings. The van der Waals surface area contributed by atoms with Crippen molar-refractivity contribution in [2.24, 2.45) is 11.3 Å². The summed E-state index contributed by atoms with van der Waals surface area (Å²) < 4.78 is 12.5. The van der Waals surface area contributed by atoms with Crippen LogP contribution in [0.25, 0.3) is 0 Å². The molecule has 0 heterocycles. The molecule has 0 bridgehead atoms. The van der Waals surface area contributed by atoms with Crippen LogP contribution in [-0.2, 0) is 17.8 Å². The molecule has 34 heavy (non-hydrogen) atoms. The second kappa shape index (κ2) is 10.4. The predicted molar refractivity (Wildman–Crippen MR) is 136 cm³/mol. The molecule has 0 saturated heterocycles. The summed E-state index contributed by atoms with van der Waals surface area (Å²) in [6.45, 7) is 10.3. The summed E-state index contributed by atoms with van der Waals surface area (Å²) >= 11 is 0. The van der Waals surface area contributed by atoms with Crippen LogP contribution in [0.4, 0.5) is 0 Å². The van der Waals surface area contributed by atoms with E-state index < -0.39 is 5.97 Å². The van der Waals surface area contributed by atoms with E-state index in [1.54, 1.807) is 0 Å². The lowest BCUT2D eigenvalue weighted by molar-refractivity contribution is -0.137. The fourth-order valence-electron chi connectivity index (χ4n) is 5.81. The Morgan fingerprint density at radius 1 is 1.06 bits per heavy atom. The Morgan fingerprint density at radius 3 is 2.59 bits per heavy atom. The third-order valence-electron chi connectivity index (χ3n) is 7.66. The Hall–Kier alpha value is -2.49.